The van der Waals surface area contributed by atoms with Crippen LogP contribution in [0.3, 0.4) is 0 Å². The van der Waals surface area contributed by atoms with E-state index in [1.54, 1.807) is 19.1 Å². The van der Waals surface area contributed by atoms with E-state index in [9.17, 15) is 4.79 Å². The van der Waals surface area contributed by atoms with Crippen LogP contribution in [-0.2, 0) is 0 Å². The van der Waals surface area contributed by atoms with Crippen molar-refractivity contribution in [3.63, 3.8) is 0 Å². The third-order valence-electron chi connectivity index (χ3n) is 2.49. The van der Waals surface area contributed by atoms with Gasteiger partial charge in [0.15, 0.2) is 5.78 Å². The van der Waals surface area contributed by atoms with Crippen LogP contribution in [0.4, 0.5) is 0 Å². The van der Waals surface area contributed by atoms with Gasteiger partial charge in [0.25, 0.3) is 0 Å². The molecule has 88 valence electrons. The topological polar surface area (TPSA) is 17.1 Å². The minimum absolute atomic E-state index is 0.0717. The average molecular weight is 299 g/mol. The van der Waals surface area contributed by atoms with Crippen molar-refractivity contribution in [2.45, 2.75) is 6.92 Å². The minimum Gasteiger partial charge on any atom is -0.295 e. The Morgan fingerprint density at radius 3 is 1.78 bits per heavy atom. The first-order chi connectivity index (χ1) is 8.65. The lowest BCUT2D eigenvalue weighted by molar-refractivity contribution is 0.101. The molecule has 0 spiro atoms. The lowest BCUT2D eigenvalue weighted by atomic mass is 10.1. The maximum absolute atomic E-state index is 11.1. The number of carbonyl (C=O) groups is 1. The van der Waals surface area contributed by atoms with Gasteiger partial charge in [-0.1, -0.05) is 39.9 Å². The zero-order valence-corrected chi connectivity index (χ0v) is 11.5. The number of benzene rings is 2. The highest BCUT2D eigenvalue weighted by Gasteiger charge is 1.96. The van der Waals surface area contributed by atoms with Gasteiger partial charge < -0.3 is 0 Å². The van der Waals surface area contributed by atoms with Crippen molar-refractivity contribution >= 4 is 21.7 Å². The lowest BCUT2D eigenvalue weighted by Gasteiger charge is -1.95. The largest absolute Gasteiger partial charge is 0.295 e. The van der Waals surface area contributed by atoms with Crippen molar-refractivity contribution in [2.75, 3.05) is 0 Å². The fraction of sp³-hybridized carbons (Fsp3) is 0.0625. The van der Waals surface area contributed by atoms with Gasteiger partial charge in [-0.15, -0.1) is 0 Å². The summed E-state index contributed by atoms with van der Waals surface area (Å²) in [5.74, 6) is 6.22. The molecule has 0 aliphatic carbocycles. The molecule has 0 radical (unpaired) electrons. The summed E-state index contributed by atoms with van der Waals surface area (Å²) in [4.78, 5) is 11.1. The molecule has 0 unspecified atom stereocenters. The van der Waals surface area contributed by atoms with Gasteiger partial charge in [0, 0.05) is 21.2 Å². The summed E-state index contributed by atoms with van der Waals surface area (Å²) in [7, 11) is 0. The van der Waals surface area contributed by atoms with Crippen LogP contribution in [0.5, 0.6) is 0 Å². The third-order valence-corrected chi connectivity index (χ3v) is 3.02. The molecule has 0 bridgehead atoms. The fourth-order valence-corrected chi connectivity index (χ4v) is 1.73. The Kier molecular flexibility index (Phi) is 3.96. The van der Waals surface area contributed by atoms with Crippen LogP contribution in [0, 0.1) is 11.8 Å². The molecule has 0 fully saturated rings. The van der Waals surface area contributed by atoms with E-state index in [-0.39, 0.29) is 5.78 Å². The van der Waals surface area contributed by atoms with Crippen molar-refractivity contribution in [3.05, 3.63) is 69.7 Å². The molecule has 0 heterocycles. The molecule has 0 N–H and O–H groups in total. The Hall–Kier alpha value is -1.85. The van der Waals surface area contributed by atoms with Crippen molar-refractivity contribution in [3.8, 4) is 11.8 Å². The van der Waals surface area contributed by atoms with E-state index in [1.807, 2.05) is 36.4 Å². The second-order valence-corrected chi connectivity index (χ2v) is 4.81. The molecular weight excluding hydrogens is 288 g/mol. The van der Waals surface area contributed by atoms with Crippen LogP contribution < -0.4 is 0 Å². The molecule has 0 atom stereocenters. The van der Waals surface area contributed by atoms with Crippen molar-refractivity contribution in [2.24, 2.45) is 0 Å². The molecule has 2 heteroatoms. The van der Waals surface area contributed by atoms with Crippen LogP contribution >= 0.6 is 15.9 Å². The number of Topliss-reactive ketones (excluding diaryl/α,β-unsaturated/α-hetero) is 1. The van der Waals surface area contributed by atoms with Gasteiger partial charge in [-0.2, -0.15) is 0 Å². The summed E-state index contributed by atoms with van der Waals surface area (Å²) in [6, 6.07) is 15.2. The summed E-state index contributed by atoms with van der Waals surface area (Å²) in [6.07, 6.45) is 0. The number of hydrogen-bond donors (Lipinski definition) is 0. The minimum atomic E-state index is 0.0717. The smallest absolute Gasteiger partial charge is 0.159 e. The van der Waals surface area contributed by atoms with Gasteiger partial charge in [-0.3, -0.25) is 4.79 Å². The summed E-state index contributed by atoms with van der Waals surface area (Å²) >= 11 is 3.38. The van der Waals surface area contributed by atoms with E-state index in [0.29, 0.717) is 5.56 Å². The molecule has 0 saturated heterocycles. The molecule has 18 heavy (non-hydrogen) atoms. The lowest BCUT2D eigenvalue weighted by Crippen LogP contribution is -1.90. The number of carbonyl (C=O) groups excluding carboxylic acids is 1. The van der Waals surface area contributed by atoms with Gasteiger partial charge in [0.1, 0.15) is 0 Å². The maximum Gasteiger partial charge on any atom is 0.159 e. The monoisotopic (exact) mass is 298 g/mol. The molecule has 0 aliphatic rings. The molecule has 2 aromatic carbocycles. The van der Waals surface area contributed by atoms with Gasteiger partial charge in [0.2, 0.25) is 0 Å². The Morgan fingerprint density at radius 2 is 1.33 bits per heavy atom. The first kappa shape index (κ1) is 12.6. The molecule has 0 aromatic heterocycles. The summed E-state index contributed by atoms with van der Waals surface area (Å²) in [5, 5.41) is 0. The van der Waals surface area contributed by atoms with E-state index < -0.39 is 0 Å². The van der Waals surface area contributed by atoms with Crippen LogP contribution in [0.1, 0.15) is 28.4 Å². The Balaban J connectivity index is 2.19. The fourth-order valence-electron chi connectivity index (χ4n) is 1.47. The van der Waals surface area contributed by atoms with Crippen molar-refractivity contribution < 1.29 is 4.79 Å². The quantitative estimate of drug-likeness (QED) is 0.573. The maximum atomic E-state index is 11.1. The molecule has 0 saturated carbocycles. The van der Waals surface area contributed by atoms with E-state index in [4.69, 9.17) is 0 Å². The standard InChI is InChI=1S/C16H11BrO/c1-12(18)15-8-4-13(5-9-15)2-3-14-6-10-16(17)11-7-14/h4-11H,1H3. The summed E-state index contributed by atoms with van der Waals surface area (Å²) in [5.41, 5.74) is 2.58. The second kappa shape index (κ2) is 5.66. The highest BCUT2D eigenvalue weighted by molar-refractivity contribution is 9.10. The second-order valence-electron chi connectivity index (χ2n) is 3.89. The number of hydrogen-bond acceptors (Lipinski definition) is 1. The number of halogens is 1. The first-order valence-corrected chi connectivity index (χ1v) is 6.33. The average Bonchev–Trinajstić information content (AvgIpc) is 2.38. The van der Waals surface area contributed by atoms with E-state index in [1.165, 1.54) is 0 Å². The van der Waals surface area contributed by atoms with Crippen LogP contribution in [0.15, 0.2) is 53.0 Å². The predicted octanol–water partition coefficient (Wildman–Crippen LogP) is 4.05. The summed E-state index contributed by atoms with van der Waals surface area (Å²) < 4.78 is 1.04. The van der Waals surface area contributed by atoms with E-state index in [0.717, 1.165) is 15.6 Å². The van der Waals surface area contributed by atoms with Gasteiger partial charge in [-0.05, 0) is 43.3 Å². The molecule has 0 aliphatic heterocycles. The molecule has 0 amide bonds. The van der Waals surface area contributed by atoms with Crippen molar-refractivity contribution in [1.82, 2.24) is 0 Å². The van der Waals surface area contributed by atoms with Crippen molar-refractivity contribution in [1.29, 1.82) is 0 Å². The summed E-state index contributed by atoms with van der Waals surface area (Å²) in [6.45, 7) is 1.56. The number of rotatable bonds is 1. The Morgan fingerprint density at radius 1 is 0.889 bits per heavy atom. The highest BCUT2D eigenvalue weighted by Crippen LogP contribution is 2.10. The number of ketones is 1. The van der Waals surface area contributed by atoms with Gasteiger partial charge in [0.05, 0.1) is 0 Å². The first-order valence-electron chi connectivity index (χ1n) is 5.54. The Labute approximate surface area is 115 Å². The SMILES string of the molecule is CC(=O)c1ccc(C#Cc2ccc(Br)cc2)cc1. The molecular formula is C16H11BrO. The predicted molar refractivity (Wildman–Crippen MR) is 76.6 cm³/mol. The third kappa shape index (κ3) is 3.32. The molecule has 1 nitrogen and oxygen atoms in total. The van der Waals surface area contributed by atoms with Crippen LogP contribution in [-0.4, -0.2) is 5.78 Å². The van der Waals surface area contributed by atoms with Crippen LogP contribution in [0.25, 0.3) is 0 Å². The zero-order chi connectivity index (χ0) is 13.0. The van der Waals surface area contributed by atoms with Gasteiger partial charge >= 0.3 is 0 Å². The zero-order valence-electron chi connectivity index (χ0n) is 9.91. The van der Waals surface area contributed by atoms with Crippen LogP contribution in [0.2, 0.25) is 0 Å². The molecule has 2 aromatic rings. The Bertz CT molecular complexity index is 613. The molecule has 2 rings (SSSR count). The van der Waals surface area contributed by atoms with E-state index in [2.05, 4.69) is 27.8 Å². The highest BCUT2D eigenvalue weighted by atomic mass is 79.9. The van der Waals surface area contributed by atoms with Gasteiger partial charge in [-0.25, -0.2) is 0 Å². The normalized spacial score (nSPS) is 9.44. The van der Waals surface area contributed by atoms with E-state index >= 15 is 0 Å².